The summed E-state index contributed by atoms with van der Waals surface area (Å²) in [5.41, 5.74) is 2.03. The van der Waals surface area contributed by atoms with Gasteiger partial charge in [0.05, 0.1) is 17.6 Å². The molecule has 1 amide bonds. The minimum Gasteiger partial charge on any atom is -0.493 e. The lowest BCUT2D eigenvalue weighted by molar-refractivity contribution is -0.124. The number of ether oxygens (including phenoxy) is 3. The number of rotatable bonds is 11. The summed E-state index contributed by atoms with van der Waals surface area (Å²) < 4.78 is 38.7. The zero-order valence-corrected chi connectivity index (χ0v) is 19.9. The molecule has 0 spiro atoms. The summed E-state index contributed by atoms with van der Waals surface area (Å²) in [6.45, 7) is 0.182. The highest BCUT2D eigenvalue weighted by atomic mass is 32.2. The monoisotopic (exact) mass is 498 g/mol. The van der Waals surface area contributed by atoms with Crippen LogP contribution in [0, 0.1) is 0 Å². The molecule has 35 heavy (non-hydrogen) atoms. The molecule has 184 valence electrons. The Morgan fingerprint density at radius 1 is 0.914 bits per heavy atom. The van der Waals surface area contributed by atoms with Gasteiger partial charge < -0.3 is 19.5 Å². The topological polar surface area (TPSA) is 134 Å². The number of carbonyl (C=O) groups is 2. The van der Waals surface area contributed by atoms with E-state index < -0.39 is 28.5 Å². The van der Waals surface area contributed by atoms with Crippen LogP contribution in [0.1, 0.15) is 21.5 Å². The van der Waals surface area contributed by atoms with Gasteiger partial charge in [0.25, 0.3) is 5.91 Å². The fourth-order valence-corrected chi connectivity index (χ4v) is 3.62. The maximum Gasteiger partial charge on any atom is 0.338 e. The molecule has 0 aliphatic rings. The highest BCUT2D eigenvalue weighted by Gasteiger charge is 2.14. The third-order valence-corrected chi connectivity index (χ3v) is 5.89. The summed E-state index contributed by atoms with van der Waals surface area (Å²) in [4.78, 5) is 24.4. The second-order valence-corrected chi connectivity index (χ2v) is 9.07. The molecule has 0 aromatic heterocycles. The molecule has 0 heterocycles. The van der Waals surface area contributed by atoms with Crippen molar-refractivity contribution in [3.8, 4) is 11.5 Å². The van der Waals surface area contributed by atoms with Gasteiger partial charge in [-0.2, -0.15) is 0 Å². The van der Waals surface area contributed by atoms with Crippen molar-refractivity contribution in [3.05, 3.63) is 89.5 Å². The summed E-state index contributed by atoms with van der Waals surface area (Å²) in [5, 5.41) is 7.71. The van der Waals surface area contributed by atoms with E-state index in [9.17, 15) is 18.0 Å². The molecule has 0 saturated carbocycles. The van der Waals surface area contributed by atoms with Crippen LogP contribution >= 0.6 is 0 Å². The van der Waals surface area contributed by atoms with Gasteiger partial charge in [0.1, 0.15) is 6.61 Å². The average Bonchev–Trinajstić information content (AvgIpc) is 2.86. The number of methoxy groups -OCH3 is 1. The first-order chi connectivity index (χ1) is 16.8. The SMILES string of the molecule is COc1cc(C(=O)OCC(=O)NCCc2ccc(S(N)(=O)=O)cc2)ccc1OCc1ccccc1. The summed E-state index contributed by atoms with van der Waals surface area (Å²) in [7, 11) is -2.28. The lowest BCUT2D eigenvalue weighted by atomic mass is 10.1. The van der Waals surface area contributed by atoms with Crippen molar-refractivity contribution in [1.29, 1.82) is 0 Å². The fourth-order valence-electron chi connectivity index (χ4n) is 3.11. The first kappa shape index (κ1) is 25.7. The van der Waals surface area contributed by atoms with Gasteiger partial charge in [0.15, 0.2) is 18.1 Å². The molecule has 0 bridgehead atoms. The molecule has 3 N–H and O–H groups in total. The molecule has 0 unspecified atom stereocenters. The highest BCUT2D eigenvalue weighted by molar-refractivity contribution is 7.89. The van der Waals surface area contributed by atoms with Gasteiger partial charge in [-0.15, -0.1) is 0 Å². The van der Waals surface area contributed by atoms with Crippen LogP contribution in [0.4, 0.5) is 0 Å². The van der Waals surface area contributed by atoms with Crippen molar-refractivity contribution in [1.82, 2.24) is 5.32 Å². The van der Waals surface area contributed by atoms with E-state index in [-0.39, 0.29) is 17.0 Å². The zero-order chi connectivity index (χ0) is 25.3. The molecule has 3 aromatic carbocycles. The Hall–Kier alpha value is -3.89. The Kier molecular flexibility index (Phi) is 8.82. The molecule has 9 nitrogen and oxygen atoms in total. The predicted octanol–water partition coefficient (Wildman–Crippen LogP) is 2.44. The summed E-state index contributed by atoms with van der Waals surface area (Å²) in [5.74, 6) is -0.294. The molecule has 3 rings (SSSR count). The van der Waals surface area contributed by atoms with E-state index in [0.29, 0.717) is 24.5 Å². The van der Waals surface area contributed by atoms with E-state index in [2.05, 4.69) is 5.32 Å². The fraction of sp³-hybridized carbons (Fsp3) is 0.200. The standard InChI is InChI=1S/C25H26N2O7S/c1-32-23-15-20(9-12-22(23)33-16-19-5-3-2-4-6-19)25(29)34-17-24(28)27-14-13-18-7-10-21(11-8-18)35(26,30)31/h2-12,15H,13-14,16-17H2,1H3,(H,27,28)(H2,26,30,31). The second-order valence-electron chi connectivity index (χ2n) is 7.50. The van der Waals surface area contributed by atoms with E-state index in [0.717, 1.165) is 11.1 Å². The van der Waals surface area contributed by atoms with Gasteiger partial charge in [-0.3, -0.25) is 4.79 Å². The molecule has 0 radical (unpaired) electrons. The summed E-state index contributed by atoms with van der Waals surface area (Å²) >= 11 is 0. The first-order valence-electron chi connectivity index (χ1n) is 10.7. The highest BCUT2D eigenvalue weighted by Crippen LogP contribution is 2.29. The number of benzene rings is 3. The van der Waals surface area contributed by atoms with Crippen LogP contribution in [0.5, 0.6) is 11.5 Å². The maximum atomic E-state index is 12.4. The number of nitrogens with one attached hydrogen (secondary N) is 1. The molecular weight excluding hydrogens is 472 g/mol. The van der Waals surface area contributed by atoms with Crippen molar-refractivity contribution in [2.75, 3.05) is 20.3 Å². The smallest absolute Gasteiger partial charge is 0.338 e. The van der Waals surface area contributed by atoms with E-state index in [4.69, 9.17) is 19.3 Å². The van der Waals surface area contributed by atoms with Crippen LogP contribution in [0.2, 0.25) is 0 Å². The third kappa shape index (κ3) is 7.83. The van der Waals surface area contributed by atoms with E-state index in [1.807, 2.05) is 30.3 Å². The number of sulfonamides is 1. The van der Waals surface area contributed by atoms with Crippen LogP contribution in [-0.4, -0.2) is 40.6 Å². The Morgan fingerprint density at radius 3 is 2.29 bits per heavy atom. The number of primary sulfonamides is 1. The average molecular weight is 499 g/mol. The molecule has 0 aliphatic heterocycles. The normalized spacial score (nSPS) is 10.9. The number of nitrogens with two attached hydrogens (primary N) is 1. The van der Waals surface area contributed by atoms with E-state index >= 15 is 0 Å². The quantitative estimate of drug-likeness (QED) is 0.388. The van der Waals surface area contributed by atoms with Crippen molar-refractivity contribution in [2.24, 2.45) is 5.14 Å². The lowest BCUT2D eigenvalue weighted by Gasteiger charge is -2.12. The maximum absolute atomic E-state index is 12.4. The molecule has 0 aliphatic carbocycles. The molecular formula is C25H26N2O7S. The summed E-state index contributed by atoms with van der Waals surface area (Å²) in [6.07, 6.45) is 0.465. The van der Waals surface area contributed by atoms with E-state index in [1.165, 1.54) is 31.4 Å². The minimum absolute atomic E-state index is 0.0182. The number of hydrogen-bond acceptors (Lipinski definition) is 7. The Labute approximate surface area is 203 Å². The predicted molar refractivity (Wildman–Crippen MR) is 129 cm³/mol. The second kappa shape index (κ2) is 12.0. The van der Waals surface area contributed by atoms with Gasteiger partial charge in [-0.05, 0) is 47.9 Å². The van der Waals surface area contributed by atoms with Crippen molar-refractivity contribution < 1.29 is 32.2 Å². The molecule has 0 fully saturated rings. The lowest BCUT2D eigenvalue weighted by Crippen LogP contribution is -2.30. The van der Waals surface area contributed by atoms with Gasteiger partial charge in [0, 0.05) is 6.54 Å². The van der Waals surface area contributed by atoms with Crippen molar-refractivity contribution >= 4 is 21.9 Å². The van der Waals surface area contributed by atoms with Crippen molar-refractivity contribution in [2.45, 2.75) is 17.9 Å². The van der Waals surface area contributed by atoms with E-state index in [1.54, 1.807) is 18.2 Å². The van der Waals surface area contributed by atoms with Gasteiger partial charge >= 0.3 is 5.97 Å². The largest absolute Gasteiger partial charge is 0.493 e. The molecule has 0 atom stereocenters. The Bertz CT molecular complexity index is 1260. The molecule has 3 aromatic rings. The number of hydrogen-bond donors (Lipinski definition) is 2. The minimum atomic E-state index is -3.75. The van der Waals surface area contributed by atoms with Gasteiger partial charge in [-0.1, -0.05) is 42.5 Å². The molecule has 10 heteroatoms. The number of amides is 1. The van der Waals surface area contributed by atoms with Crippen LogP contribution in [-0.2, 0) is 32.6 Å². The Morgan fingerprint density at radius 2 is 1.63 bits per heavy atom. The Balaban J connectivity index is 1.45. The first-order valence-corrected chi connectivity index (χ1v) is 12.2. The van der Waals surface area contributed by atoms with Crippen LogP contribution in [0.15, 0.2) is 77.7 Å². The summed E-state index contributed by atoms with van der Waals surface area (Å²) in [6, 6.07) is 20.3. The van der Waals surface area contributed by atoms with Crippen LogP contribution in [0.3, 0.4) is 0 Å². The third-order valence-electron chi connectivity index (χ3n) is 4.96. The zero-order valence-electron chi connectivity index (χ0n) is 19.1. The molecule has 0 saturated heterocycles. The van der Waals surface area contributed by atoms with Crippen molar-refractivity contribution in [3.63, 3.8) is 0 Å². The number of esters is 1. The van der Waals surface area contributed by atoms with Gasteiger partial charge in [0.2, 0.25) is 10.0 Å². The van der Waals surface area contributed by atoms with Crippen LogP contribution in [0.25, 0.3) is 0 Å². The number of carbonyl (C=O) groups excluding carboxylic acids is 2. The van der Waals surface area contributed by atoms with Gasteiger partial charge in [-0.25, -0.2) is 18.4 Å². The van der Waals surface area contributed by atoms with Crippen LogP contribution < -0.4 is 19.9 Å².